The van der Waals surface area contributed by atoms with Crippen LogP contribution in [0.3, 0.4) is 0 Å². The van der Waals surface area contributed by atoms with E-state index in [1.165, 1.54) is 19.3 Å². The van der Waals surface area contributed by atoms with Crippen molar-refractivity contribution in [1.82, 2.24) is 14.9 Å². The monoisotopic (exact) mass is 426 g/mol. The minimum Gasteiger partial charge on any atom is -0.474 e. The summed E-state index contributed by atoms with van der Waals surface area (Å²) in [4.78, 5) is 11.6. The lowest BCUT2D eigenvalue weighted by atomic mass is 10.1. The molecule has 7 nitrogen and oxygen atoms in total. The molecular weight excluding hydrogens is 400 g/mol. The summed E-state index contributed by atoms with van der Waals surface area (Å²) in [6.07, 6.45) is 3.69. The molecule has 1 aromatic heterocycles. The largest absolute Gasteiger partial charge is 0.474 e. The first-order valence-corrected chi connectivity index (χ1v) is 11.7. The van der Waals surface area contributed by atoms with Crippen LogP contribution in [0.25, 0.3) is 11.0 Å². The number of fused-ring (bicyclic) bond motifs is 1. The molecule has 0 aliphatic carbocycles. The fourth-order valence-corrected chi connectivity index (χ4v) is 4.89. The lowest BCUT2D eigenvalue weighted by molar-refractivity contribution is 0.181. The van der Waals surface area contributed by atoms with Gasteiger partial charge in [-0.15, -0.1) is 0 Å². The molecule has 0 spiro atoms. The van der Waals surface area contributed by atoms with E-state index < -0.39 is 10.0 Å². The predicted octanol–water partition coefficient (Wildman–Crippen LogP) is 3.60. The molecule has 1 aliphatic rings. The van der Waals surface area contributed by atoms with E-state index in [1.807, 2.05) is 18.2 Å². The van der Waals surface area contributed by atoms with Crippen molar-refractivity contribution >= 4 is 26.9 Å². The van der Waals surface area contributed by atoms with E-state index in [-0.39, 0.29) is 16.6 Å². The molecule has 0 radical (unpaired) electrons. The van der Waals surface area contributed by atoms with Gasteiger partial charge in [0.2, 0.25) is 5.82 Å². The summed E-state index contributed by atoms with van der Waals surface area (Å²) in [5, 5.41) is 0. The van der Waals surface area contributed by atoms with E-state index in [0.717, 1.165) is 19.6 Å². The Balaban J connectivity index is 1.60. The van der Waals surface area contributed by atoms with Crippen LogP contribution in [0.15, 0.2) is 53.4 Å². The third kappa shape index (κ3) is 4.71. The molecule has 8 heteroatoms. The second kappa shape index (κ2) is 8.97. The van der Waals surface area contributed by atoms with E-state index in [0.29, 0.717) is 23.2 Å². The van der Waals surface area contributed by atoms with Crippen molar-refractivity contribution in [3.8, 4) is 5.88 Å². The number of rotatable bonds is 7. The number of likely N-dealkylation sites (tertiary alicyclic amines) is 1. The summed E-state index contributed by atoms with van der Waals surface area (Å²) in [7, 11) is -3.82. The van der Waals surface area contributed by atoms with E-state index >= 15 is 0 Å². The zero-order valence-electron chi connectivity index (χ0n) is 17.0. The molecule has 1 aliphatic heterocycles. The molecule has 4 rings (SSSR count). The van der Waals surface area contributed by atoms with Gasteiger partial charge in [0.05, 0.1) is 15.9 Å². The number of ether oxygens (including phenoxy) is 1. The number of nitrogens with one attached hydrogen (secondary N) is 1. The van der Waals surface area contributed by atoms with Gasteiger partial charge in [0.25, 0.3) is 15.9 Å². The van der Waals surface area contributed by atoms with Crippen LogP contribution in [0, 0.1) is 6.92 Å². The van der Waals surface area contributed by atoms with E-state index in [2.05, 4.69) is 19.6 Å². The van der Waals surface area contributed by atoms with Gasteiger partial charge in [-0.05, 0) is 56.6 Å². The second-order valence-corrected chi connectivity index (χ2v) is 9.14. The SMILES string of the molecule is Cc1ccccc1S(=O)(=O)Nc1nc2ccccc2nc1OCCN1CCCCC1. The zero-order valence-corrected chi connectivity index (χ0v) is 17.9. The molecule has 2 heterocycles. The van der Waals surface area contributed by atoms with Crippen LogP contribution in [0.1, 0.15) is 24.8 Å². The first-order chi connectivity index (χ1) is 14.5. The lowest BCUT2D eigenvalue weighted by Gasteiger charge is -2.26. The van der Waals surface area contributed by atoms with Gasteiger partial charge in [-0.1, -0.05) is 36.8 Å². The lowest BCUT2D eigenvalue weighted by Crippen LogP contribution is -2.33. The number of sulfonamides is 1. The Morgan fingerprint density at radius 2 is 1.63 bits per heavy atom. The number of nitrogens with zero attached hydrogens (tertiary/aromatic N) is 3. The average molecular weight is 427 g/mol. The van der Waals surface area contributed by atoms with Crippen molar-refractivity contribution in [3.63, 3.8) is 0 Å². The molecule has 1 N–H and O–H groups in total. The Hall–Kier alpha value is -2.71. The smallest absolute Gasteiger partial charge is 0.263 e. The molecule has 1 fully saturated rings. The Morgan fingerprint density at radius 3 is 2.37 bits per heavy atom. The molecule has 0 saturated carbocycles. The summed E-state index contributed by atoms with van der Waals surface area (Å²) < 4.78 is 34.5. The van der Waals surface area contributed by atoms with Gasteiger partial charge in [0, 0.05) is 6.54 Å². The molecule has 158 valence electrons. The quantitative estimate of drug-likeness (QED) is 0.621. The Morgan fingerprint density at radius 1 is 0.967 bits per heavy atom. The van der Waals surface area contributed by atoms with Gasteiger partial charge in [0.15, 0.2) is 0 Å². The maximum atomic E-state index is 13.0. The highest BCUT2D eigenvalue weighted by Gasteiger charge is 2.21. The number of hydrogen-bond donors (Lipinski definition) is 1. The Bertz CT molecular complexity index is 1130. The van der Waals surface area contributed by atoms with Gasteiger partial charge in [-0.25, -0.2) is 18.4 Å². The summed E-state index contributed by atoms with van der Waals surface area (Å²) in [5.74, 6) is 0.304. The Labute approximate surface area is 177 Å². The van der Waals surface area contributed by atoms with Crippen molar-refractivity contribution in [1.29, 1.82) is 0 Å². The third-order valence-electron chi connectivity index (χ3n) is 5.25. The van der Waals surface area contributed by atoms with Crippen LogP contribution >= 0.6 is 0 Å². The van der Waals surface area contributed by atoms with Gasteiger partial charge >= 0.3 is 0 Å². The average Bonchev–Trinajstić information content (AvgIpc) is 2.75. The van der Waals surface area contributed by atoms with Crippen LogP contribution < -0.4 is 9.46 Å². The number of hydrogen-bond acceptors (Lipinski definition) is 6. The van der Waals surface area contributed by atoms with Crippen molar-refractivity contribution in [2.45, 2.75) is 31.1 Å². The number of para-hydroxylation sites is 2. The second-order valence-electron chi connectivity index (χ2n) is 7.49. The van der Waals surface area contributed by atoms with Crippen LogP contribution in [0.2, 0.25) is 0 Å². The standard InChI is InChI=1S/C22H26N4O3S/c1-17-9-3-6-12-20(17)30(27,28)25-21-22(24-19-11-5-4-10-18(19)23-21)29-16-15-26-13-7-2-8-14-26/h3-6,9-12H,2,7-8,13-16H2,1H3,(H,23,25). The fraction of sp³-hybridized carbons (Fsp3) is 0.364. The maximum absolute atomic E-state index is 13.0. The molecule has 30 heavy (non-hydrogen) atoms. The molecule has 3 aromatic rings. The topological polar surface area (TPSA) is 84.4 Å². The van der Waals surface area contributed by atoms with E-state index in [1.54, 1.807) is 37.3 Å². The molecule has 0 amide bonds. The van der Waals surface area contributed by atoms with Gasteiger partial charge in [-0.3, -0.25) is 9.62 Å². The predicted molar refractivity (Wildman–Crippen MR) is 117 cm³/mol. The van der Waals surface area contributed by atoms with Crippen LogP contribution in [-0.4, -0.2) is 49.5 Å². The molecule has 0 atom stereocenters. The first kappa shape index (κ1) is 20.6. The molecule has 0 unspecified atom stereocenters. The Kier molecular flexibility index (Phi) is 6.15. The van der Waals surface area contributed by atoms with Crippen molar-refractivity contribution in [2.24, 2.45) is 0 Å². The number of piperidine rings is 1. The molecule has 1 saturated heterocycles. The van der Waals surface area contributed by atoms with Gasteiger partial charge in [-0.2, -0.15) is 0 Å². The number of aryl methyl sites for hydroxylation is 1. The van der Waals surface area contributed by atoms with Gasteiger partial charge < -0.3 is 4.74 Å². The van der Waals surface area contributed by atoms with Crippen LogP contribution in [-0.2, 0) is 10.0 Å². The zero-order chi connectivity index (χ0) is 21.0. The van der Waals surface area contributed by atoms with Crippen LogP contribution in [0.5, 0.6) is 5.88 Å². The maximum Gasteiger partial charge on any atom is 0.263 e. The van der Waals surface area contributed by atoms with Crippen molar-refractivity contribution in [3.05, 3.63) is 54.1 Å². The highest BCUT2D eigenvalue weighted by atomic mass is 32.2. The van der Waals surface area contributed by atoms with E-state index in [9.17, 15) is 8.42 Å². The minimum absolute atomic E-state index is 0.107. The van der Waals surface area contributed by atoms with Crippen molar-refractivity contribution in [2.75, 3.05) is 31.0 Å². The van der Waals surface area contributed by atoms with Crippen molar-refractivity contribution < 1.29 is 13.2 Å². The third-order valence-corrected chi connectivity index (χ3v) is 6.75. The minimum atomic E-state index is -3.82. The highest BCUT2D eigenvalue weighted by Crippen LogP contribution is 2.27. The number of benzene rings is 2. The molecule has 2 aromatic carbocycles. The summed E-state index contributed by atoms with van der Waals surface area (Å²) in [6, 6.07) is 14.2. The first-order valence-electron chi connectivity index (χ1n) is 10.2. The number of anilines is 1. The molecular formula is C22H26N4O3S. The number of aromatic nitrogens is 2. The fourth-order valence-electron chi connectivity index (χ4n) is 3.65. The normalized spacial score (nSPS) is 15.2. The molecule has 0 bridgehead atoms. The highest BCUT2D eigenvalue weighted by molar-refractivity contribution is 7.92. The van der Waals surface area contributed by atoms with Gasteiger partial charge in [0.1, 0.15) is 6.61 Å². The van der Waals surface area contributed by atoms with Crippen LogP contribution in [0.4, 0.5) is 5.82 Å². The summed E-state index contributed by atoms with van der Waals surface area (Å²) >= 11 is 0. The van der Waals surface area contributed by atoms with E-state index in [4.69, 9.17) is 4.74 Å². The summed E-state index contributed by atoms with van der Waals surface area (Å²) in [6.45, 7) is 5.10. The summed E-state index contributed by atoms with van der Waals surface area (Å²) in [5.41, 5.74) is 1.92.